The molecule has 0 bridgehead atoms. The summed E-state index contributed by atoms with van der Waals surface area (Å²) in [6.07, 6.45) is 1.28. The molecule has 1 aliphatic heterocycles. The summed E-state index contributed by atoms with van der Waals surface area (Å²) in [6, 6.07) is 6.11. The zero-order valence-electron chi connectivity index (χ0n) is 18.5. The molecule has 1 aliphatic rings. The van der Waals surface area contributed by atoms with Gasteiger partial charge in [-0.05, 0) is 64.7 Å². The molecule has 1 aromatic rings. The Morgan fingerprint density at radius 3 is 2.20 bits per heavy atom. The summed E-state index contributed by atoms with van der Waals surface area (Å²) in [5.74, 6) is 0.000766. The highest BCUT2D eigenvalue weighted by Crippen LogP contribution is 2.22. The average molecular weight is 419 g/mol. The number of amides is 4. The van der Waals surface area contributed by atoms with Gasteiger partial charge >= 0.3 is 6.03 Å². The number of urea groups is 1. The van der Waals surface area contributed by atoms with Gasteiger partial charge in [0.1, 0.15) is 11.8 Å². The lowest BCUT2D eigenvalue weighted by atomic mass is 9.88. The van der Waals surface area contributed by atoms with Gasteiger partial charge in [0.15, 0.2) is 0 Å². The van der Waals surface area contributed by atoms with Crippen molar-refractivity contribution in [2.45, 2.75) is 58.7 Å². The minimum atomic E-state index is -0.665. The van der Waals surface area contributed by atoms with Gasteiger partial charge in [-0.1, -0.05) is 6.07 Å². The third kappa shape index (κ3) is 6.64. The molecule has 3 N–H and O–H groups in total. The van der Waals surface area contributed by atoms with Crippen LogP contribution in [0.3, 0.4) is 0 Å². The van der Waals surface area contributed by atoms with E-state index in [1.807, 2.05) is 27.7 Å². The maximum Gasteiger partial charge on any atom is 0.317 e. The number of methoxy groups -OCH3 is 1. The summed E-state index contributed by atoms with van der Waals surface area (Å²) in [6.45, 7) is 8.71. The van der Waals surface area contributed by atoms with Crippen LogP contribution in [0.2, 0.25) is 0 Å². The fourth-order valence-corrected chi connectivity index (χ4v) is 3.53. The molecule has 1 aromatic carbocycles. The van der Waals surface area contributed by atoms with E-state index in [0.29, 0.717) is 37.2 Å². The predicted octanol–water partition coefficient (Wildman–Crippen LogP) is 2.15. The van der Waals surface area contributed by atoms with Crippen LogP contribution < -0.4 is 20.7 Å². The highest BCUT2D eigenvalue weighted by atomic mass is 16.5. The highest BCUT2D eigenvalue weighted by molar-refractivity contribution is 5.98. The number of ether oxygens (including phenoxy) is 1. The van der Waals surface area contributed by atoms with Gasteiger partial charge in [0.05, 0.1) is 7.11 Å². The highest BCUT2D eigenvalue weighted by Gasteiger charge is 2.34. The first kappa shape index (κ1) is 23.5. The predicted molar refractivity (Wildman–Crippen MR) is 115 cm³/mol. The number of benzene rings is 1. The Kier molecular flexibility index (Phi) is 8.50. The molecule has 0 spiro atoms. The molecule has 1 saturated heterocycles. The van der Waals surface area contributed by atoms with Crippen LogP contribution >= 0.6 is 0 Å². The van der Waals surface area contributed by atoms with Crippen molar-refractivity contribution in [3.63, 3.8) is 0 Å². The van der Waals surface area contributed by atoms with Crippen molar-refractivity contribution in [1.82, 2.24) is 20.9 Å². The molecule has 4 amide bonds. The van der Waals surface area contributed by atoms with Crippen molar-refractivity contribution in [3.05, 3.63) is 29.8 Å². The lowest BCUT2D eigenvalue weighted by Gasteiger charge is -2.36. The largest absolute Gasteiger partial charge is 0.497 e. The minimum Gasteiger partial charge on any atom is -0.497 e. The summed E-state index contributed by atoms with van der Waals surface area (Å²) in [5.41, 5.74) is 0.436. The first-order valence-corrected chi connectivity index (χ1v) is 10.5. The van der Waals surface area contributed by atoms with E-state index in [-0.39, 0.29) is 35.8 Å². The quantitative estimate of drug-likeness (QED) is 0.632. The van der Waals surface area contributed by atoms with Crippen LogP contribution in [0.4, 0.5) is 4.79 Å². The number of carbonyl (C=O) groups is 3. The molecule has 0 aliphatic carbocycles. The molecule has 8 heteroatoms. The number of hydrogen-bond acceptors (Lipinski definition) is 4. The van der Waals surface area contributed by atoms with Gasteiger partial charge in [0.2, 0.25) is 5.91 Å². The van der Waals surface area contributed by atoms with Gasteiger partial charge in [-0.15, -0.1) is 0 Å². The van der Waals surface area contributed by atoms with Crippen LogP contribution in [0.5, 0.6) is 5.75 Å². The van der Waals surface area contributed by atoms with Crippen LogP contribution in [0.15, 0.2) is 24.3 Å². The first-order valence-electron chi connectivity index (χ1n) is 10.5. The maximum absolute atomic E-state index is 12.9. The van der Waals surface area contributed by atoms with E-state index in [2.05, 4.69) is 16.0 Å². The third-order valence-corrected chi connectivity index (χ3v) is 5.04. The van der Waals surface area contributed by atoms with Gasteiger partial charge in [0, 0.05) is 30.7 Å². The number of piperidine rings is 1. The second-order valence-corrected chi connectivity index (χ2v) is 8.28. The van der Waals surface area contributed by atoms with E-state index in [9.17, 15) is 14.4 Å². The van der Waals surface area contributed by atoms with E-state index in [4.69, 9.17) is 4.74 Å². The van der Waals surface area contributed by atoms with Crippen molar-refractivity contribution < 1.29 is 19.1 Å². The van der Waals surface area contributed by atoms with Crippen molar-refractivity contribution in [1.29, 1.82) is 0 Å². The lowest BCUT2D eigenvalue weighted by Crippen LogP contribution is -2.55. The summed E-state index contributed by atoms with van der Waals surface area (Å²) in [5, 5.41) is 8.71. The van der Waals surface area contributed by atoms with Crippen LogP contribution in [0.1, 0.15) is 50.9 Å². The standard InChI is InChI=1S/C22H34N4O4/c1-14(2)23-21(28)19(25-20(27)17-7-6-8-18(13-17)30-5)16-9-11-26(12-10-16)22(29)24-15(3)4/h6-8,13-16,19H,9-12H2,1-5H3,(H,23,28)(H,24,29)(H,25,27)/t19-/m0/s1. The van der Waals surface area contributed by atoms with Crippen LogP contribution in [0.25, 0.3) is 0 Å². The third-order valence-electron chi connectivity index (χ3n) is 5.04. The molecule has 0 saturated carbocycles. The average Bonchev–Trinajstić information content (AvgIpc) is 2.71. The van der Waals surface area contributed by atoms with E-state index in [1.165, 1.54) is 0 Å². The summed E-state index contributed by atoms with van der Waals surface area (Å²) in [7, 11) is 1.54. The van der Waals surface area contributed by atoms with Gasteiger partial charge in [-0.3, -0.25) is 9.59 Å². The molecule has 0 unspecified atom stereocenters. The van der Waals surface area contributed by atoms with E-state index in [1.54, 1.807) is 36.3 Å². The zero-order valence-corrected chi connectivity index (χ0v) is 18.5. The molecule has 0 aromatic heterocycles. The second kappa shape index (κ2) is 10.8. The Balaban J connectivity index is 2.09. The zero-order chi connectivity index (χ0) is 22.3. The molecule has 1 fully saturated rings. The Morgan fingerprint density at radius 1 is 1.00 bits per heavy atom. The Labute approximate surface area is 178 Å². The molecule has 2 rings (SSSR count). The fourth-order valence-electron chi connectivity index (χ4n) is 3.53. The number of rotatable bonds is 7. The van der Waals surface area contributed by atoms with Crippen LogP contribution in [-0.4, -0.2) is 61.1 Å². The lowest BCUT2D eigenvalue weighted by molar-refractivity contribution is -0.125. The van der Waals surface area contributed by atoms with Crippen LogP contribution in [-0.2, 0) is 4.79 Å². The summed E-state index contributed by atoms with van der Waals surface area (Å²) < 4.78 is 5.19. The molecular weight excluding hydrogens is 384 g/mol. The molecule has 30 heavy (non-hydrogen) atoms. The van der Waals surface area contributed by atoms with Crippen molar-refractivity contribution in [3.8, 4) is 5.75 Å². The second-order valence-electron chi connectivity index (χ2n) is 8.28. The Bertz CT molecular complexity index is 742. The number of nitrogens with zero attached hydrogens (tertiary/aromatic N) is 1. The summed E-state index contributed by atoms with van der Waals surface area (Å²) in [4.78, 5) is 39.7. The first-order chi connectivity index (χ1) is 14.2. The van der Waals surface area contributed by atoms with Gasteiger partial charge in [-0.25, -0.2) is 4.79 Å². The number of nitrogens with one attached hydrogen (secondary N) is 3. The Morgan fingerprint density at radius 2 is 1.63 bits per heavy atom. The normalized spacial score (nSPS) is 15.6. The van der Waals surface area contributed by atoms with E-state index in [0.717, 1.165) is 0 Å². The number of hydrogen-bond donors (Lipinski definition) is 3. The SMILES string of the molecule is COc1cccc(C(=O)N[C@H](C(=O)NC(C)C)C2CCN(C(=O)NC(C)C)CC2)c1. The molecular formula is C22H34N4O4. The molecule has 1 heterocycles. The van der Waals surface area contributed by atoms with E-state index < -0.39 is 6.04 Å². The molecule has 0 radical (unpaired) electrons. The van der Waals surface area contributed by atoms with Gasteiger partial charge in [-0.2, -0.15) is 0 Å². The van der Waals surface area contributed by atoms with Gasteiger partial charge < -0.3 is 25.6 Å². The molecule has 8 nitrogen and oxygen atoms in total. The van der Waals surface area contributed by atoms with E-state index >= 15 is 0 Å². The molecule has 1 atom stereocenters. The van der Waals surface area contributed by atoms with Crippen molar-refractivity contribution >= 4 is 17.8 Å². The maximum atomic E-state index is 12.9. The fraction of sp³-hybridized carbons (Fsp3) is 0.591. The monoisotopic (exact) mass is 418 g/mol. The number of likely N-dealkylation sites (tertiary alicyclic amines) is 1. The number of carbonyl (C=O) groups excluding carboxylic acids is 3. The van der Waals surface area contributed by atoms with Crippen molar-refractivity contribution in [2.24, 2.45) is 5.92 Å². The minimum absolute atomic E-state index is 0.0365. The molecule has 166 valence electrons. The van der Waals surface area contributed by atoms with Crippen LogP contribution in [0, 0.1) is 5.92 Å². The van der Waals surface area contributed by atoms with Crippen molar-refractivity contribution in [2.75, 3.05) is 20.2 Å². The van der Waals surface area contributed by atoms with Gasteiger partial charge in [0.25, 0.3) is 5.91 Å². The Hall–Kier alpha value is -2.77. The topological polar surface area (TPSA) is 99.8 Å². The summed E-state index contributed by atoms with van der Waals surface area (Å²) >= 11 is 0. The smallest absolute Gasteiger partial charge is 0.317 e.